The predicted octanol–water partition coefficient (Wildman–Crippen LogP) is 2.48. The molecule has 1 amide bonds. The third-order valence-electron chi connectivity index (χ3n) is 3.21. The van der Waals surface area contributed by atoms with Gasteiger partial charge in [0.05, 0.1) is 0 Å². The zero-order valence-electron chi connectivity index (χ0n) is 13.8. The summed E-state index contributed by atoms with van der Waals surface area (Å²) in [7, 11) is 0. The smallest absolute Gasteiger partial charge is 0.257 e. The molecule has 0 aliphatic rings. The van der Waals surface area contributed by atoms with Crippen molar-refractivity contribution < 1.29 is 9.53 Å². The van der Waals surface area contributed by atoms with E-state index in [-0.39, 0.29) is 24.0 Å². The number of hydrogen-bond donors (Lipinski definition) is 2. The van der Waals surface area contributed by atoms with E-state index in [2.05, 4.69) is 31.4 Å². The summed E-state index contributed by atoms with van der Waals surface area (Å²) >= 11 is 0. The molecule has 0 aliphatic carbocycles. The molecule has 1 aromatic rings. The van der Waals surface area contributed by atoms with Gasteiger partial charge in [-0.15, -0.1) is 0 Å². The maximum absolute atomic E-state index is 11.8. The van der Waals surface area contributed by atoms with Crippen LogP contribution in [0.1, 0.15) is 40.2 Å². The number of nitrogens with one attached hydrogen (secondary N) is 2. The second-order valence-electron chi connectivity index (χ2n) is 6.30. The molecule has 2 N–H and O–H groups in total. The lowest BCUT2D eigenvalue weighted by molar-refractivity contribution is -0.123. The molecule has 0 bridgehead atoms. The minimum Gasteiger partial charge on any atom is -0.483 e. The van der Waals surface area contributed by atoms with Crippen LogP contribution in [0, 0.1) is 0 Å². The Bertz CT molecular complexity index is 452. The van der Waals surface area contributed by atoms with Gasteiger partial charge >= 0.3 is 0 Å². The van der Waals surface area contributed by atoms with Crippen molar-refractivity contribution in [3.8, 4) is 5.75 Å². The third kappa shape index (κ3) is 6.17. The van der Waals surface area contributed by atoms with Crippen LogP contribution < -0.4 is 15.4 Å². The van der Waals surface area contributed by atoms with Crippen molar-refractivity contribution in [2.75, 3.05) is 19.7 Å². The molecule has 0 aliphatic heterocycles. The molecule has 0 unspecified atom stereocenters. The molecule has 0 aromatic heterocycles. The first-order valence-corrected chi connectivity index (χ1v) is 7.57. The van der Waals surface area contributed by atoms with Gasteiger partial charge < -0.3 is 15.4 Å². The van der Waals surface area contributed by atoms with E-state index < -0.39 is 0 Å². The van der Waals surface area contributed by atoms with Gasteiger partial charge in [0, 0.05) is 12.6 Å². The number of carbonyl (C=O) groups is 1. The fourth-order valence-electron chi connectivity index (χ4n) is 2.09. The molecule has 0 radical (unpaired) electrons. The van der Waals surface area contributed by atoms with Gasteiger partial charge in [-0.3, -0.25) is 4.79 Å². The van der Waals surface area contributed by atoms with Crippen LogP contribution in [0.3, 0.4) is 0 Å². The molecule has 0 fully saturated rings. The fraction of sp³-hybridized carbons (Fsp3) is 0.588. The van der Waals surface area contributed by atoms with E-state index in [1.165, 1.54) is 0 Å². The first-order valence-electron chi connectivity index (χ1n) is 7.57. The monoisotopic (exact) mass is 292 g/mol. The van der Waals surface area contributed by atoms with Gasteiger partial charge in [-0.05, 0) is 30.5 Å². The predicted molar refractivity (Wildman–Crippen MR) is 86.8 cm³/mol. The molecular weight excluding hydrogens is 264 g/mol. The molecule has 118 valence electrons. The number of para-hydroxylation sites is 1. The van der Waals surface area contributed by atoms with E-state index in [0.29, 0.717) is 6.54 Å². The number of benzene rings is 1. The van der Waals surface area contributed by atoms with Gasteiger partial charge in [-0.1, -0.05) is 45.9 Å². The average molecular weight is 292 g/mol. The number of likely N-dealkylation sites (N-methyl/N-ethyl adjacent to an activating group) is 1. The van der Waals surface area contributed by atoms with E-state index in [9.17, 15) is 4.79 Å². The largest absolute Gasteiger partial charge is 0.483 e. The molecule has 4 nitrogen and oxygen atoms in total. The van der Waals surface area contributed by atoms with Gasteiger partial charge in [0.15, 0.2) is 6.61 Å². The van der Waals surface area contributed by atoms with E-state index in [0.717, 1.165) is 17.9 Å². The molecule has 0 heterocycles. The zero-order valence-corrected chi connectivity index (χ0v) is 13.8. The topological polar surface area (TPSA) is 50.4 Å². The Balaban J connectivity index is 2.50. The molecule has 1 rings (SSSR count). The molecule has 0 saturated heterocycles. The standard InChI is InChI=1S/C17H28N2O2/c1-6-18-13(2)11-19-16(20)12-21-15-10-8-7-9-14(15)17(3,4)5/h7-10,13,18H,6,11-12H2,1-5H3,(H,19,20)/t13-/m1/s1. The van der Waals surface area contributed by atoms with Crippen LogP contribution in [0.5, 0.6) is 5.75 Å². The molecular formula is C17H28N2O2. The van der Waals surface area contributed by atoms with Crippen molar-refractivity contribution >= 4 is 5.91 Å². The van der Waals surface area contributed by atoms with Crippen LogP contribution in [0.15, 0.2) is 24.3 Å². The van der Waals surface area contributed by atoms with Crippen LogP contribution in [-0.4, -0.2) is 31.6 Å². The van der Waals surface area contributed by atoms with Crippen molar-refractivity contribution in [3.63, 3.8) is 0 Å². The van der Waals surface area contributed by atoms with Crippen molar-refractivity contribution in [3.05, 3.63) is 29.8 Å². The lowest BCUT2D eigenvalue weighted by Crippen LogP contribution is -2.40. The Morgan fingerprint density at radius 2 is 1.95 bits per heavy atom. The van der Waals surface area contributed by atoms with Gasteiger partial charge in [-0.2, -0.15) is 0 Å². The van der Waals surface area contributed by atoms with Crippen molar-refractivity contribution in [2.24, 2.45) is 0 Å². The maximum atomic E-state index is 11.8. The number of ether oxygens (including phenoxy) is 1. The van der Waals surface area contributed by atoms with E-state index >= 15 is 0 Å². The average Bonchev–Trinajstić information content (AvgIpc) is 2.42. The Kier molecular flexibility index (Phi) is 6.69. The van der Waals surface area contributed by atoms with Crippen molar-refractivity contribution in [1.29, 1.82) is 0 Å². The highest BCUT2D eigenvalue weighted by atomic mass is 16.5. The van der Waals surface area contributed by atoms with E-state index in [4.69, 9.17) is 4.74 Å². The molecule has 4 heteroatoms. The summed E-state index contributed by atoms with van der Waals surface area (Å²) in [6.07, 6.45) is 0. The summed E-state index contributed by atoms with van der Waals surface area (Å²) in [6.45, 7) is 12.0. The molecule has 0 saturated carbocycles. The third-order valence-corrected chi connectivity index (χ3v) is 3.21. The highest BCUT2D eigenvalue weighted by Gasteiger charge is 2.18. The SMILES string of the molecule is CCN[C@H](C)CNC(=O)COc1ccccc1C(C)(C)C. The van der Waals surface area contributed by atoms with Gasteiger partial charge in [0.2, 0.25) is 0 Å². The summed E-state index contributed by atoms with van der Waals surface area (Å²) in [5.41, 5.74) is 1.10. The summed E-state index contributed by atoms with van der Waals surface area (Å²) in [5, 5.41) is 6.12. The first-order chi connectivity index (χ1) is 9.84. The Labute approximate surface area is 128 Å². The van der Waals surface area contributed by atoms with Crippen LogP contribution in [0.2, 0.25) is 0 Å². The normalized spacial score (nSPS) is 12.8. The number of rotatable bonds is 7. The lowest BCUT2D eigenvalue weighted by Gasteiger charge is -2.22. The van der Waals surface area contributed by atoms with Gasteiger partial charge in [0.25, 0.3) is 5.91 Å². The van der Waals surface area contributed by atoms with Crippen LogP contribution in [0.25, 0.3) is 0 Å². The molecule has 0 spiro atoms. The van der Waals surface area contributed by atoms with Crippen molar-refractivity contribution in [1.82, 2.24) is 10.6 Å². The number of carbonyl (C=O) groups excluding carboxylic acids is 1. The Morgan fingerprint density at radius 1 is 1.29 bits per heavy atom. The maximum Gasteiger partial charge on any atom is 0.257 e. The lowest BCUT2D eigenvalue weighted by atomic mass is 9.86. The molecule has 1 atom stereocenters. The Hall–Kier alpha value is -1.55. The summed E-state index contributed by atoms with van der Waals surface area (Å²) in [5.74, 6) is 0.684. The summed E-state index contributed by atoms with van der Waals surface area (Å²) < 4.78 is 5.69. The van der Waals surface area contributed by atoms with Crippen LogP contribution in [-0.2, 0) is 10.2 Å². The van der Waals surface area contributed by atoms with Crippen LogP contribution in [0.4, 0.5) is 0 Å². The number of hydrogen-bond acceptors (Lipinski definition) is 3. The zero-order chi connectivity index (χ0) is 15.9. The van der Waals surface area contributed by atoms with Gasteiger partial charge in [0.1, 0.15) is 5.75 Å². The second kappa shape index (κ2) is 8.03. The van der Waals surface area contributed by atoms with Crippen LogP contribution >= 0.6 is 0 Å². The second-order valence-corrected chi connectivity index (χ2v) is 6.30. The molecule has 21 heavy (non-hydrogen) atoms. The van der Waals surface area contributed by atoms with E-state index in [1.807, 2.05) is 38.1 Å². The number of amides is 1. The van der Waals surface area contributed by atoms with Gasteiger partial charge in [-0.25, -0.2) is 0 Å². The summed E-state index contributed by atoms with van der Waals surface area (Å²) in [4.78, 5) is 11.8. The first kappa shape index (κ1) is 17.5. The highest BCUT2D eigenvalue weighted by molar-refractivity contribution is 5.77. The highest BCUT2D eigenvalue weighted by Crippen LogP contribution is 2.30. The van der Waals surface area contributed by atoms with E-state index in [1.54, 1.807) is 0 Å². The minimum atomic E-state index is -0.0940. The fourth-order valence-corrected chi connectivity index (χ4v) is 2.09. The molecule has 1 aromatic carbocycles. The quantitative estimate of drug-likeness (QED) is 0.812. The van der Waals surface area contributed by atoms with Crippen molar-refractivity contribution in [2.45, 2.75) is 46.1 Å². The minimum absolute atomic E-state index is 0.00731. The summed E-state index contributed by atoms with van der Waals surface area (Å²) in [6, 6.07) is 8.14. The Morgan fingerprint density at radius 3 is 2.57 bits per heavy atom.